The number of para-hydroxylation sites is 1. The van der Waals surface area contributed by atoms with Gasteiger partial charge in [0.05, 0.1) is 22.7 Å². The summed E-state index contributed by atoms with van der Waals surface area (Å²) in [5.41, 5.74) is 3.23. The molecule has 0 radical (unpaired) electrons. The SMILES string of the molecule is Cc1nc(N2C(=O)c3oc4ccccc4c(=O)c3[C@H]2c2ccc(OCc3ccccc3)cc2)sc1C. The molecule has 1 atom stereocenters. The van der Waals surface area contributed by atoms with Crippen LogP contribution in [0.4, 0.5) is 5.13 Å². The second-order valence-corrected chi connectivity index (χ2v) is 9.91. The number of fused-ring (bicyclic) bond motifs is 2. The minimum Gasteiger partial charge on any atom is -0.489 e. The predicted octanol–water partition coefficient (Wildman–Crippen LogP) is 6.20. The van der Waals surface area contributed by atoms with Crippen LogP contribution in [-0.2, 0) is 6.61 Å². The third-order valence-electron chi connectivity index (χ3n) is 6.45. The summed E-state index contributed by atoms with van der Waals surface area (Å²) in [6.45, 7) is 4.33. The first kappa shape index (κ1) is 22.2. The molecule has 0 aliphatic carbocycles. The molecule has 2 aromatic heterocycles. The van der Waals surface area contributed by atoms with E-state index in [-0.39, 0.29) is 17.1 Å². The van der Waals surface area contributed by atoms with Crippen LogP contribution in [0.3, 0.4) is 0 Å². The first-order valence-corrected chi connectivity index (χ1v) is 12.4. The topological polar surface area (TPSA) is 72.6 Å². The standard InChI is InChI=1S/C29H22N2O4S/c1-17-18(2)36-29(30-17)31-25(20-12-14-21(15-13-20)34-16-19-8-4-3-5-9-19)24-26(32)22-10-6-7-11-23(22)35-27(24)28(31)33/h3-15,25H,16H2,1-2H3/t25-/m1/s1. The van der Waals surface area contributed by atoms with Crippen molar-refractivity contribution in [3.63, 3.8) is 0 Å². The lowest BCUT2D eigenvalue weighted by atomic mass is 9.98. The largest absolute Gasteiger partial charge is 0.489 e. The Morgan fingerprint density at radius 1 is 0.944 bits per heavy atom. The molecule has 3 heterocycles. The van der Waals surface area contributed by atoms with Crippen molar-refractivity contribution in [1.29, 1.82) is 0 Å². The van der Waals surface area contributed by atoms with Crippen LogP contribution in [0.25, 0.3) is 11.0 Å². The van der Waals surface area contributed by atoms with Gasteiger partial charge in [-0.3, -0.25) is 14.5 Å². The molecule has 6 rings (SSSR count). The average molecular weight is 495 g/mol. The number of benzene rings is 3. The fourth-order valence-corrected chi connectivity index (χ4v) is 5.41. The molecular formula is C29H22N2O4S. The van der Waals surface area contributed by atoms with Crippen molar-refractivity contribution in [3.8, 4) is 5.75 Å². The average Bonchev–Trinajstić information content (AvgIpc) is 3.39. The maximum atomic E-state index is 13.7. The zero-order valence-electron chi connectivity index (χ0n) is 19.7. The van der Waals surface area contributed by atoms with Crippen LogP contribution >= 0.6 is 11.3 Å². The van der Waals surface area contributed by atoms with E-state index >= 15 is 0 Å². The quantitative estimate of drug-likeness (QED) is 0.291. The number of ether oxygens (including phenoxy) is 1. The lowest BCUT2D eigenvalue weighted by molar-refractivity contribution is 0.0971. The lowest BCUT2D eigenvalue weighted by Crippen LogP contribution is -2.29. The Balaban J connectivity index is 1.44. The molecule has 6 nitrogen and oxygen atoms in total. The number of amides is 1. The molecule has 5 aromatic rings. The molecule has 1 amide bonds. The summed E-state index contributed by atoms with van der Waals surface area (Å²) in [4.78, 5) is 34.5. The van der Waals surface area contributed by atoms with Gasteiger partial charge in [-0.25, -0.2) is 4.98 Å². The second kappa shape index (κ2) is 8.77. The fourth-order valence-electron chi connectivity index (χ4n) is 4.48. The van der Waals surface area contributed by atoms with Gasteiger partial charge >= 0.3 is 0 Å². The van der Waals surface area contributed by atoms with Crippen LogP contribution in [0.2, 0.25) is 0 Å². The number of carbonyl (C=O) groups is 1. The minimum atomic E-state index is -0.651. The van der Waals surface area contributed by atoms with Crippen molar-refractivity contribution >= 4 is 33.3 Å². The van der Waals surface area contributed by atoms with E-state index in [1.807, 2.05) is 68.4 Å². The normalized spacial score (nSPS) is 14.9. The Hall–Kier alpha value is -4.23. The Labute approximate surface area is 211 Å². The summed E-state index contributed by atoms with van der Waals surface area (Å²) in [6, 6.07) is 23.8. The number of thiazole rings is 1. The third kappa shape index (κ3) is 3.69. The number of anilines is 1. The number of nitrogens with zero attached hydrogens (tertiary/aromatic N) is 2. The summed E-state index contributed by atoms with van der Waals surface area (Å²) in [6.07, 6.45) is 0. The Kier molecular flexibility index (Phi) is 5.42. The zero-order valence-corrected chi connectivity index (χ0v) is 20.5. The first-order valence-electron chi connectivity index (χ1n) is 11.6. The van der Waals surface area contributed by atoms with Crippen LogP contribution in [0.1, 0.15) is 43.9 Å². The summed E-state index contributed by atoms with van der Waals surface area (Å²) in [5, 5.41) is 0.990. The molecule has 36 heavy (non-hydrogen) atoms. The van der Waals surface area contributed by atoms with E-state index in [1.165, 1.54) is 11.3 Å². The second-order valence-electron chi connectivity index (χ2n) is 8.73. The van der Waals surface area contributed by atoms with Gasteiger partial charge < -0.3 is 9.15 Å². The molecule has 0 bridgehead atoms. The fraction of sp³-hybridized carbons (Fsp3) is 0.138. The Morgan fingerprint density at radius 3 is 2.39 bits per heavy atom. The van der Waals surface area contributed by atoms with Gasteiger partial charge in [0.25, 0.3) is 5.91 Å². The molecule has 3 aromatic carbocycles. The summed E-state index contributed by atoms with van der Waals surface area (Å²) in [7, 11) is 0. The highest BCUT2D eigenvalue weighted by molar-refractivity contribution is 7.15. The summed E-state index contributed by atoms with van der Waals surface area (Å²) >= 11 is 1.43. The monoisotopic (exact) mass is 494 g/mol. The van der Waals surface area contributed by atoms with Gasteiger partial charge in [-0.1, -0.05) is 54.6 Å². The molecule has 178 valence electrons. The highest BCUT2D eigenvalue weighted by atomic mass is 32.1. The minimum absolute atomic E-state index is 0.0682. The van der Waals surface area contributed by atoms with E-state index < -0.39 is 6.04 Å². The Morgan fingerprint density at radius 2 is 1.67 bits per heavy atom. The van der Waals surface area contributed by atoms with Gasteiger partial charge in [-0.2, -0.15) is 0 Å². The molecule has 0 N–H and O–H groups in total. The smallest absolute Gasteiger partial charge is 0.297 e. The van der Waals surface area contributed by atoms with Gasteiger partial charge in [-0.05, 0) is 49.2 Å². The zero-order chi connectivity index (χ0) is 24.8. The first-order chi connectivity index (χ1) is 17.5. The van der Waals surface area contributed by atoms with Crippen LogP contribution < -0.4 is 15.1 Å². The maximum Gasteiger partial charge on any atom is 0.297 e. The van der Waals surface area contributed by atoms with Crippen LogP contribution in [0, 0.1) is 13.8 Å². The van der Waals surface area contributed by atoms with E-state index in [9.17, 15) is 9.59 Å². The maximum absolute atomic E-state index is 13.7. The number of carbonyl (C=O) groups excluding carboxylic acids is 1. The third-order valence-corrected chi connectivity index (χ3v) is 7.52. The molecule has 0 saturated heterocycles. The van der Waals surface area contributed by atoms with E-state index in [0.29, 0.717) is 34.0 Å². The van der Waals surface area contributed by atoms with Crippen molar-refractivity contribution < 1.29 is 13.9 Å². The summed E-state index contributed by atoms with van der Waals surface area (Å²) < 4.78 is 12.0. The van der Waals surface area contributed by atoms with Gasteiger partial charge in [0.1, 0.15) is 17.9 Å². The van der Waals surface area contributed by atoms with E-state index in [0.717, 1.165) is 21.7 Å². The predicted molar refractivity (Wildman–Crippen MR) is 140 cm³/mol. The van der Waals surface area contributed by atoms with Gasteiger partial charge in [-0.15, -0.1) is 11.3 Å². The number of hydrogen-bond donors (Lipinski definition) is 0. The van der Waals surface area contributed by atoms with Crippen LogP contribution in [0.15, 0.2) is 88.1 Å². The molecular weight excluding hydrogens is 472 g/mol. The molecule has 7 heteroatoms. The van der Waals surface area contributed by atoms with E-state index in [4.69, 9.17) is 9.15 Å². The van der Waals surface area contributed by atoms with Crippen molar-refractivity contribution in [1.82, 2.24) is 4.98 Å². The van der Waals surface area contributed by atoms with E-state index in [2.05, 4.69) is 4.98 Å². The molecule has 1 aliphatic heterocycles. The molecule has 0 spiro atoms. The van der Waals surface area contributed by atoms with Crippen LogP contribution in [0.5, 0.6) is 5.75 Å². The number of hydrogen-bond acceptors (Lipinski definition) is 6. The van der Waals surface area contributed by atoms with Gasteiger partial charge in [0.2, 0.25) is 5.76 Å². The van der Waals surface area contributed by atoms with Crippen molar-refractivity contribution in [2.45, 2.75) is 26.5 Å². The highest BCUT2D eigenvalue weighted by Gasteiger charge is 2.45. The molecule has 0 saturated carbocycles. The molecule has 1 aliphatic rings. The lowest BCUT2D eigenvalue weighted by Gasteiger charge is -2.22. The Bertz CT molecular complexity index is 1640. The molecule has 0 unspecified atom stereocenters. The number of aryl methyl sites for hydroxylation is 2. The van der Waals surface area contributed by atoms with Crippen LogP contribution in [-0.4, -0.2) is 10.9 Å². The van der Waals surface area contributed by atoms with E-state index in [1.54, 1.807) is 29.2 Å². The van der Waals surface area contributed by atoms with Crippen molar-refractivity contribution in [2.24, 2.45) is 0 Å². The number of rotatable bonds is 5. The summed E-state index contributed by atoms with van der Waals surface area (Å²) in [5.74, 6) is 0.403. The highest BCUT2D eigenvalue weighted by Crippen LogP contribution is 2.43. The van der Waals surface area contributed by atoms with Crippen molar-refractivity contribution in [3.05, 3.63) is 122 Å². The van der Waals surface area contributed by atoms with Crippen molar-refractivity contribution in [2.75, 3.05) is 4.90 Å². The van der Waals surface area contributed by atoms with Gasteiger partial charge in [0, 0.05) is 4.88 Å². The number of aromatic nitrogens is 1. The molecule has 0 fully saturated rings. The van der Waals surface area contributed by atoms with Gasteiger partial charge in [0.15, 0.2) is 10.6 Å².